The molecule has 0 spiro atoms. The van der Waals surface area contributed by atoms with Crippen LogP contribution in [0.5, 0.6) is 0 Å². The maximum atomic E-state index is 12.0. The Morgan fingerprint density at radius 3 is 2.62 bits per heavy atom. The zero-order valence-corrected chi connectivity index (χ0v) is 14.8. The van der Waals surface area contributed by atoms with E-state index < -0.39 is 23.8 Å². The number of aliphatic hydroxyl groups excluding tert-OH is 2. The first-order valence-electron chi connectivity index (χ1n) is 8.88. The molecule has 0 saturated heterocycles. The Kier molecular flexibility index (Phi) is 5.41. The van der Waals surface area contributed by atoms with Crippen LogP contribution >= 0.6 is 0 Å². The van der Waals surface area contributed by atoms with E-state index in [-0.39, 0.29) is 13.0 Å². The van der Waals surface area contributed by atoms with Crippen molar-refractivity contribution in [2.24, 2.45) is 0 Å². The molecular weight excluding hydrogens is 332 g/mol. The molecule has 0 fully saturated rings. The molecule has 0 bridgehead atoms. The molecule has 3 atom stereocenters. The zero-order valence-electron chi connectivity index (χ0n) is 14.8. The van der Waals surface area contributed by atoms with Crippen LogP contribution in [-0.2, 0) is 16.0 Å². The van der Waals surface area contributed by atoms with Crippen LogP contribution in [0.2, 0.25) is 0 Å². The van der Waals surface area contributed by atoms with Gasteiger partial charge in [0.15, 0.2) is 5.60 Å². The molecule has 2 aromatic rings. The summed E-state index contributed by atoms with van der Waals surface area (Å²) in [7, 11) is 0. The average Bonchev–Trinajstić information content (AvgIpc) is 2.63. The molecule has 26 heavy (non-hydrogen) atoms. The molecule has 1 aliphatic rings. The number of carbonyl (C=O) groups is 1. The third-order valence-corrected chi connectivity index (χ3v) is 4.83. The van der Waals surface area contributed by atoms with Crippen LogP contribution in [0.4, 0.5) is 0 Å². The van der Waals surface area contributed by atoms with Gasteiger partial charge in [0.1, 0.15) is 6.10 Å². The van der Waals surface area contributed by atoms with E-state index in [0.29, 0.717) is 18.4 Å². The Bertz CT molecular complexity index is 828. The van der Waals surface area contributed by atoms with E-state index in [9.17, 15) is 20.1 Å². The van der Waals surface area contributed by atoms with Crippen molar-refractivity contribution in [2.75, 3.05) is 6.61 Å². The number of rotatable bonds is 5. The van der Waals surface area contributed by atoms with Gasteiger partial charge < -0.3 is 20.1 Å². The monoisotopic (exact) mass is 356 g/mol. The minimum atomic E-state index is -1.90. The Hall–Kier alpha value is -2.21. The maximum absolute atomic E-state index is 12.0. The van der Waals surface area contributed by atoms with Gasteiger partial charge in [0.25, 0.3) is 0 Å². The molecule has 0 unspecified atom stereocenters. The standard InChI is InChI=1S/C21H24O5/c1-2-26-20(24)21(25)12-17(19(23)18(22)13-21)10-8-14-7-9-15-5-3-4-6-16(15)11-14/h3-7,9,11-12,18-19,22-23,25H,2,8,10,13H2,1H3/t18-,19-,21+/m1/s1. The second-order valence-electron chi connectivity index (χ2n) is 6.76. The number of fused-ring (bicyclic) bond motifs is 1. The highest BCUT2D eigenvalue weighted by Crippen LogP contribution is 2.31. The maximum Gasteiger partial charge on any atom is 0.342 e. The third kappa shape index (κ3) is 3.80. The molecule has 0 radical (unpaired) electrons. The zero-order chi connectivity index (χ0) is 18.7. The summed E-state index contributed by atoms with van der Waals surface area (Å²) in [6.07, 6.45) is -0.167. The summed E-state index contributed by atoms with van der Waals surface area (Å²) in [4.78, 5) is 12.0. The van der Waals surface area contributed by atoms with Crippen LogP contribution in [0.25, 0.3) is 10.8 Å². The van der Waals surface area contributed by atoms with Gasteiger partial charge in [-0.1, -0.05) is 42.5 Å². The molecule has 0 saturated carbocycles. The van der Waals surface area contributed by atoms with Gasteiger partial charge >= 0.3 is 5.97 Å². The van der Waals surface area contributed by atoms with Crippen LogP contribution in [0.1, 0.15) is 25.3 Å². The van der Waals surface area contributed by atoms with Crippen LogP contribution in [0, 0.1) is 0 Å². The Morgan fingerprint density at radius 2 is 1.88 bits per heavy atom. The Balaban J connectivity index is 1.79. The molecule has 0 aromatic heterocycles. The molecule has 3 rings (SSSR count). The van der Waals surface area contributed by atoms with Crippen LogP contribution in [0.3, 0.4) is 0 Å². The molecule has 0 amide bonds. The fourth-order valence-electron chi connectivity index (χ4n) is 3.43. The average molecular weight is 356 g/mol. The van der Waals surface area contributed by atoms with Crippen LogP contribution < -0.4 is 0 Å². The van der Waals surface area contributed by atoms with E-state index in [4.69, 9.17) is 4.74 Å². The van der Waals surface area contributed by atoms with E-state index in [1.807, 2.05) is 36.4 Å². The normalized spacial score (nSPS) is 25.8. The van der Waals surface area contributed by atoms with Crippen LogP contribution in [-0.4, -0.2) is 45.7 Å². The largest absolute Gasteiger partial charge is 0.464 e. The summed E-state index contributed by atoms with van der Waals surface area (Å²) in [5.74, 6) is -0.797. The van der Waals surface area contributed by atoms with Crippen molar-refractivity contribution in [3.8, 4) is 0 Å². The lowest BCUT2D eigenvalue weighted by molar-refractivity contribution is -0.165. The Labute approximate surface area is 152 Å². The predicted octanol–water partition coefficient (Wildman–Crippen LogP) is 2.12. The van der Waals surface area contributed by atoms with E-state index in [2.05, 4.69) is 6.07 Å². The van der Waals surface area contributed by atoms with E-state index in [1.54, 1.807) is 6.92 Å². The topological polar surface area (TPSA) is 87.0 Å². The lowest BCUT2D eigenvalue weighted by atomic mass is 9.81. The number of hydrogen-bond acceptors (Lipinski definition) is 5. The number of aliphatic hydroxyl groups is 3. The molecule has 1 aliphatic carbocycles. The lowest BCUT2D eigenvalue weighted by Crippen LogP contribution is -2.49. The van der Waals surface area contributed by atoms with Crippen molar-refractivity contribution in [3.05, 3.63) is 59.7 Å². The van der Waals surface area contributed by atoms with Gasteiger partial charge in [-0.3, -0.25) is 0 Å². The highest BCUT2D eigenvalue weighted by atomic mass is 16.5. The molecule has 138 valence electrons. The minimum Gasteiger partial charge on any atom is -0.464 e. The van der Waals surface area contributed by atoms with Gasteiger partial charge in [0, 0.05) is 6.42 Å². The first kappa shape index (κ1) is 18.6. The van der Waals surface area contributed by atoms with Crippen molar-refractivity contribution in [2.45, 2.75) is 44.0 Å². The highest BCUT2D eigenvalue weighted by Gasteiger charge is 2.44. The first-order valence-corrected chi connectivity index (χ1v) is 8.88. The summed E-state index contributed by atoms with van der Waals surface area (Å²) < 4.78 is 4.90. The second kappa shape index (κ2) is 7.58. The number of hydrogen-bond donors (Lipinski definition) is 3. The lowest BCUT2D eigenvalue weighted by Gasteiger charge is -2.34. The molecule has 0 heterocycles. The van der Waals surface area contributed by atoms with Crippen molar-refractivity contribution < 1.29 is 24.9 Å². The summed E-state index contributed by atoms with van der Waals surface area (Å²) in [5, 5.41) is 33.2. The number of benzene rings is 2. The number of ether oxygens (including phenoxy) is 1. The van der Waals surface area contributed by atoms with Crippen molar-refractivity contribution >= 4 is 16.7 Å². The van der Waals surface area contributed by atoms with Gasteiger partial charge in [0.2, 0.25) is 0 Å². The molecule has 2 aromatic carbocycles. The predicted molar refractivity (Wildman–Crippen MR) is 98.6 cm³/mol. The first-order chi connectivity index (χ1) is 12.4. The molecular formula is C21H24O5. The fraction of sp³-hybridized carbons (Fsp3) is 0.381. The van der Waals surface area contributed by atoms with Gasteiger partial charge in [-0.2, -0.15) is 0 Å². The smallest absolute Gasteiger partial charge is 0.342 e. The quantitative estimate of drug-likeness (QED) is 0.564. The Morgan fingerprint density at radius 1 is 1.15 bits per heavy atom. The minimum absolute atomic E-state index is 0.139. The van der Waals surface area contributed by atoms with Gasteiger partial charge in [-0.05, 0) is 47.8 Å². The van der Waals surface area contributed by atoms with E-state index in [1.165, 1.54) is 6.08 Å². The number of aryl methyl sites for hydroxylation is 1. The van der Waals surface area contributed by atoms with Gasteiger partial charge in [-0.25, -0.2) is 4.79 Å². The third-order valence-electron chi connectivity index (χ3n) is 4.83. The molecule has 5 heteroatoms. The summed E-state index contributed by atoms with van der Waals surface area (Å²) in [5.41, 5.74) is -0.364. The van der Waals surface area contributed by atoms with Gasteiger partial charge in [0.05, 0.1) is 12.7 Å². The molecule has 3 N–H and O–H groups in total. The summed E-state index contributed by atoms with van der Waals surface area (Å²) in [6, 6.07) is 14.2. The van der Waals surface area contributed by atoms with Crippen molar-refractivity contribution in [3.63, 3.8) is 0 Å². The van der Waals surface area contributed by atoms with Crippen LogP contribution in [0.15, 0.2) is 54.1 Å². The highest BCUT2D eigenvalue weighted by molar-refractivity contribution is 5.83. The van der Waals surface area contributed by atoms with Gasteiger partial charge in [-0.15, -0.1) is 0 Å². The van der Waals surface area contributed by atoms with E-state index in [0.717, 1.165) is 16.3 Å². The van der Waals surface area contributed by atoms with Crippen molar-refractivity contribution in [1.29, 1.82) is 0 Å². The molecule has 5 nitrogen and oxygen atoms in total. The second-order valence-corrected chi connectivity index (χ2v) is 6.76. The summed E-state index contributed by atoms with van der Waals surface area (Å²) in [6.45, 7) is 1.79. The number of esters is 1. The van der Waals surface area contributed by atoms with E-state index >= 15 is 0 Å². The van der Waals surface area contributed by atoms with Crippen molar-refractivity contribution in [1.82, 2.24) is 0 Å². The molecule has 0 aliphatic heterocycles. The number of carbonyl (C=O) groups excluding carboxylic acids is 1. The summed E-state index contributed by atoms with van der Waals surface area (Å²) >= 11 is 0. The fourth-order valence-corrected chi connectivity index (χ4v) is 3.43. The SMILES string of the molecule is CCOC(=O)[C@]1(O)C=C(CCc2ccc3ccccc3c2)[C@@H](O)[C@H](O)C1.